The van der Waals surface area contributed by atoms with E-state index in [-0.39, 0.29) is 20.2 Å². The average Bonchev–Trinajstić information content (AvgIpc) is 2.72. The molecule has 3 heterocycles. The van der Waals surface area contributed by atoms with Gasteiger partial charge in [-0.15, -0.1) is 11.8 Å². The van der Waals surface area contributed by atoms with E-state index in [4.69, 9.17) is 0 Å². The number of fused-ring (bicyclic) bond motifs is 1. The molecular weight excluding hydrogens is 402 g/mol. The Labute approximate surface area is 184 Å². The largest absolute Gasteiger partial charge is 0.309 e. The molecule has 0 spiro atoms. The summed E-state index contributed by atoms with van der Waals surface area (Å²) in [4.78, 5) is 5.96. The van der Waals surface area contributed by atoms with Crippen LogP contribution in [0.3, 0.4) is 0 Å². The van der Waals surface area contributed by atoms with Crippen LogP contribution >= 0.6 is 11.8 Å². The van der Waals surface area contributed by atoms with E-state index in [0.29, 0.717) is 0 Å². The monoisotopic (exact) mass is 436 g/mol. The van der Waals surface area contributed by atoms with Crippen LogP contribution in [0.25, 0.3) is 10.8 Å². The van der Waals surface area contributed by atoms with Gasteiger partial charge < -0.3 is 10.7 Å². The normalized spacial score (nSPS) is 23.7. The first kappa shape index (κ1) is 21.5. The molecule has 2 aliphatic rings. The molecule has 2 N–H and O–H groups in total. The van der Waals surface area contributed by atoms with Crippen molar-refractivity contribution in [2.45, 2.75) is 56.7 Å². The Morgan fingerprint density at radius 3 is 2.80 bits per heavy atom. The maximum Gasteiger partial charge on any atom is 0.250 e. The molecule has 0 saturated carbocycles. The number of pyridine rings is 1. The molecule has 2 aromatic rings. The number of halogens is 2. The minimum atomic E-state index is -2.29. The third kappa shape index (κ3) is 5.13. The van der Waals surface area contributed by atoms with Gasteiger partial charge in [-0.3, -0.25) is 0 Å². The second-order valence-corrected chi connectivity index (χ2v) is 10.2. The molecule has 0 bridgehead atoms. The van der Waals surface area contributed by atoms with Crippen LogP contribution in [0.2, 0.25) is 0 Å². The van der Waals surface area contributed by atoms with Crippen LogP contribution in [0, 0.1) is 0 Å². The van der Waals surface area contributed by atoms with Crippen LogP contribution < -0.4 is 10.7 Å². The number of aromatic nitrogens is 1. The van der Waals surface area contributed by atoms with Crippen molar-refractivity contribution in [1.82, 2.24) is 15.3 Å². The van der Waals surface area contributed by atoms with Crippen molar-refractivity contribution in [2.24, 2.45) is 0 Å². The zero-order chi connectivity index (χ0) is 21.1. The molecule has 2 aliphatic heterocycles. The lowest BCUT2D eigenvalue weighted by atomic mass is 9.93. The van der Waals surface area contributed by atoms with Crippen LogP contribution in [0.15, 0.2) is 41.4 Å². The number of nitrogens with zero attached hydrogens (tertiary/aromatic N) is 2. The second-order valence-electron chi connectivity index (χ2n) is 8.49. The van der Waals surface area contributed by atoms with Gasteiger partial charge in [0.25, 0.3) is 6.43 Å². The molecule has 0 aliphatic carbocycles. The van der Waals surface area contributed by atoms with Gasteiger partial charge >= 0.3 is 0 Å². The summed E-state index contributed by atoms with van der Waals surface area (Å²) in [6.07, 6.45) is 5.91. The van der Waals surface area contributed by atoms with Gasteiger partial charge in [-0.2, -0.15) is 0 Å². The first-order chi connectivity index (χ1) is 14.4. The molecule has 7 heteroatoms. The topological polar surface area (TPSA) is 40.2 Å². The number of hydrogen-bond donors (Lipinski definition) is 2. The summed E-state index contributed by atoms with van der Waals surface area (Å²) in [7, 11) is 0. The predicted molar refractivity (Wildman–Crippen MR) is 126 cm³/mol. The van der Waals surface area contributed by atoms with Crippen LogP contribution in [-0.4, -0.2) is 42.1 Å². The van der Waals surface area contributed by atoms with Gasteiger partial charge in [-0.05, 0) is 67.5 Å². The van der Waals surface area contributed by atoms with Gasteiger partial charge in [-0.1, -0.05) is 18.2 Å². The van der Waals surface area contributed by atoms with E-state index < -0.39 is 6.43 Å². The molecule has 30 heavy (non-hydrogen) atoms. The Balaban J connectivity index is 0.00000181. The number of piperidine rings is 1. The van der Waals surface area contributed by atoms with Crippen LogP contribution in [0.5, 0.6) is 0 Å². The molecule has 4 nitrogen and oxygen atoms in total. The minimum absolute atomic E-state index is 0. The maximum absolute atomic E-state index is 12.4. The third-order valence-electron chi connectivity index (χ3n) is 6.10. The van der Waals surface area contributed by atoms with Crippen LogP contribution in [0.1, 0.15) is 47.9 Å². The van der Waals surface area contributed by atoms with Gasteiger partial charge in [0.1, 0.15) is 5.82 Å². The van der Waals surface area contributed by atoms with Crippen molar-refractivity contribution in [1.29, 1.82) is 0 Å². The smallest absolute Gasteiger partial charge is 0.250 e. The van der Waals surface area contributed by atoms with E-state index in [1.807, 2.05) is 18.0 Å². The standard InChI is InChI=1S/C23H30F2N4S.2H2/c1-16-4-3-9-23(2,30-16)19-6-5-17-14-27-22(13-18(17)12-19)28-29-10-7-20(8-11-29)26-15-21(24)25;;/h4-6,12-14,20-21,26H,3,7-11,15H2,1-2H3,(H,27,28);2*1H. The molecular formula is C23H34F2N4S. The Kier molecular flexibility index (Phi) is 6.60. The van der Waals surface area contributed by atoms with Crippen LogP contribution in [0.4, 0.5) is 14.6 Å². The van der Waals surface area contributed by atoms with Gasteiger partial charge in [0.05, 0.1) is 6.54 Å². The quantitative estimate of drug-likeness (QED) is 0.579. The number of hydrogen-bond acceptors (Lipinski definition) is 5. The lowest BCUT2D eigenvalue weighted by Gasteiger charge is -2.33. The lowest BCUT2D eigenvalue weighted by Crippen LogP contribution is -2.45. The lowest BCUT2D eigenvalue weighted by molar-refractivity contribution is 0.132. The number of allylic oxidation sites excluding steroid dienone is 2. The van der Waals surface area contributed by atoms with E-state index in [1.165, 1.54) is 15.9 Å². The number of thioether (sulfide) groups is 1. The fraction of sp³-hybridized carbons (Fsp3) is 0.522. The summed E-state index contributed by atoms with van der Waals surface area (Å²) < 4.78 is 24.9. The molecule has 166 valence electrons. The average molecular weight is 437 g/mol. The summed E-state index contributed by atoms with van der Waals surface area (Å²) in [5.74, 6) is 0.830. The Hall–Kier alpha value is -1.70. The molecule has 0 radical (unpaired) electrons. The number of nitrogens with one attached hydrogen (secondary N) is 2. The highest BCUT2D eigenvalue weighted by Crippen LogP contribution is 2.47. The number of hydrazine groups is 1. The van der Waals surface area contributed by atoms with Crippen molar-refractivity contribution >= 4 is 28.4 Å². The Morgan fingerprint density at radius 2 is 2.07 bits per heavy atom. The third-order valence-corrected chi connectivity index (χ3v) is 7.48. The molecule has 1 unspecified atom stereocenters. The van der Waals surface area contributed by atoms with Crippen molar-refractivity contribution < 1.29 is 11.6 Å². The second kappa shape index (κ2) is 9.20. The highest BCUT2D eigenvalue weighted by molar-refractivity contribution is 8.03. The minimum Gasteiger partial charge on any atom is -0.309 e. The molecule has 0 amide bonds. The first-order valence-electron chi connectivity index (χ1n) is 10.7. The van der Waals surface area contributed by atoms with Crippen LogP contribution in [-0.2, 0) is 4.75 Å². The summed E-state index contributed by atoms with van der Waals surface area (Å²) in [6.45, 7) is 5.92. The first-order valence-corrected chi connectivity index (χ1v) is 11.5. The van der Waals surface area contributed by atoms with Crippen molar-refractivity contribution in [2.75, 3.05) is 25.1 Å². The number of benzene rings is 1. The van der Waals surface area contributed by atoms with Gasteiger partial charge in [0.15, 0.2) is 0 Å². The summed E-state index contributed by atoms with van der Waals surface area (Å²) >= 11 is 1.96. The number of alkyl halides is 2. The zero-order valence-electron chi connectivity index (χ0n) is 17.6. The fourth-order valence-corrected chi connectivity index (χ4v) is 5.72. The molecule has 1 fully saturated rings. The summed E-state index contributed by atoms with van der Waals surface area (Å²) in [5.41, 5.74) is 4.76. The highest BCUT2D eigenvalue weighted by Gasteiger charge is 2.30. The van der Waals surface area contributed by atoms with E-state index in [1.54, 1.807) is 0 Å². The number of rotatable bonds is 6. The maximum atomic E-state index is 12.4. The fourth-order valence-electron chi connectivity index (χ4n) is 4.35. The van der Waals surface area contributed by atoms with Gasteiger partial charge in [-0.25, -0.2) is 18.8 Å². The Bertz CT molecular complexity index is 922. The van der Waals surface area contributed by atoms with E-state index in [9.17, 15) is 8.78 Å². The molecule has 1 atom stereocenters. The summed E-state index contributed by atoms with van der Waals surface area (Å²) in [5, 5.41) is 7.40. The SMILES string of the molecule is CC1=CCCC(C)(c2ccc3cnc(NN4CCC(NCC(F)F)CC4)cc3c2)S1.[HH].[HH]. The molecule has 4 rings (SSSR count). The van der Waals surface area contributed by atoms with Crippen molar-refractivity contribution in [3.05, 3.63) is 47.0 Å². The van der Waals surface area contributed by atoms with E-state index in [0.717, 1.165) is 50.0 Å². The Morgan fingerprint density at radius 1 is 1.27 bits per heavy atom. The summed E-state index contributed by atoms with van der Waals surface area (Å²) in [6, 6.07) is 8.98. The van der Waals surface area contributed by atoms with Crippen molar-refractivity contribution in [3.63, 3.8) is 0 Å². The van der Waals surface area contributed by atoms with Gasteiger partial charge in [0, 0.05) is 38.3 Å². The molecule has 1 saturated heterocycles. The predicted octanol–water partition coefficient (Wildman–Crippen LogP) is 6.02. The van der Waals surface area contributed by atoms with E-state index in [2.05, 4.69) is 64.9 Å². The van der Waals surface area contributed by atoms with E-state index >= 15 is 0 Å². The number of anilines is 1. The van der Waals surface area contributed by atoms with Crippen molar-refractivity contribution in [3.8, 4) is 0 Å². The molecule has 1 aromatic heterocycles. The van der Waals surface area contributed by atoms with Gasteiger partial charge in [0.2, 0.25) is 0 Å². The highest BCUT2D eigenvalue weighted by atomic mass is 32.2. The molecule has 1 aromatic carbocycles. The zero-order valence-corrected chi connectivity index (χ0v) is 18.4.